The standard InChI is InChI=1S/C18H18ClF3N4O/c1-11-3-2-6-26(10-11)16-9-23-15(8-24-16)17(27)25-14-5-4-12(19)7-13(14)18(20,21)22/h4-5,7-9,11H,2-3,6,10H2,1H3,(H,25,27). The molecule has 2 aromatic rings. The van der Waals surface area contributed by atoms with Crippen molar-refractivity contribution < 1.29 is 18.0 Å². The Morgan fingerprint density at radius 1 is 1.30 bits per heavy atom. The molecule has 1 saturated heterocycles. The zero-order valence-electron chi connectivity index (χ0n) is 14.6. The van der Waals surface area contributed by atoms with E-state index < -0.39 is 17.6 Å². The molecular formula is C18H18ClF3N4O. The predicted octanol–water partition coefficient (Wildman–Crippen LogP) is 4.64. The fourth-order valence-corrected chi connectivity index (χ4v) is 3.22. The maximum atomic E-state index is 13.1. The van der Waals surface area contributed by atoms with Crippen LogP contribution in [0.1, 0.15) is 35.8 Å². The second-order valence-electron chi connectivity index (χ2n) is 6.60. The van der Waals surface area contributed by atoms with E-state index in [9.17, 15) is 18.0 Å². The Kier molecular flexibility index (Phi) is 5.55. The number of hydrogen-bond donors (Lipinski definition) is 1. The number of carbonyl (C=O) groups excluding carboxylic acids is 1. The Bertz CT molecular complexity index is 826. The molecule has 1 fully saturated rings. The highest BCUT2D eigenvalue weighted by Crippen LogP contribution is 2.36. The fourth-order valence-electron chi connectivity index (χ4n) is 3.05. The van der Waals surface area contributed by atoms with Gasteiger partial charge in [-0.3, -0.25) is 4.79 Å². The lowest BCUT2D eigenvalue weighted by Crippen LogP contribution is -2.35. The average molecular weight is 399 g/mol. The number of hydrogen-bond acceptors (Lipinski definition) is 4. The van der Waals surface area contributed by atoms with E-state index in [1.54, 1.807) is 0 Å². The van der Waals surface area contributed by atoms with Gasteiger partial charge in [-0.05, 0) is 37.0 Å². The van der Waals surface area contributed by atoms with Crippen LogP contribution in [0.2, 0.25) is 5.02 Å². The van der Waals surface area contributed by atoms with Crippen molar-refractivity contribution in [2.24, 2.45) is 5.92 Å². The predicted molar refractivity (Wildman–Crippen MR) is 97.1 cm³/mol. The Morgan fingerprint density at radius 2 is 2.07 bits per heavy atom. The molecule has 2 heterocycles. The van der Waals surface area contributed by atoms with E-state index >= 15 is 0 Å². The molecule has 0 aliphatic carbocycles. The molecule has 0 spiro atoms. The van der Waals surface area contributed by atoms with Gasteiger partial charge in [-0.15, -0.1) is 0 Å². The van der Waals surface area contributed by atoms with Gasteiger partial charge >= 0.3 is 6.18 Å². The van der Waals surface area contributed by atoms with Crippen LogP contribution >= 0.6 is 11.6 Å². The summed E-state index contributed by atoms with van der Waals surface area (Å²) >= 11 is 5.64. The Balaban J connectivity index is 1.75. The maximum absolute atomic E-state index is 13.1. The third-order valence-corrected chi connectivity index (χ3v) is 4.62. The summed E-state index contributed by atoms with van der Waals surface area (Å²) in [5, 5.41) is 2.16. The zero-order chi connectivity index (χ0) is 19.6. The minimum absolute atomic E-state index is 0.0631. The van der Waals surface area contributed by atoms with Crippen LogP contribution in [0, 0.1) is 5.92 Å². The lowest BCUT2D eigenvalue weighted by atomic mass is 10.0. The molecule has 3 rings (SSSR count). The molecule has 1 amide bonds. The van der Waals surface area contributed by atoms with Crippen molar-refractivity contribution >= 4 is 29.0 Å². The maximum Gasteiger partial charge on any atom is 0.418 e. The molecule has 1 aromatic heterocycles. The van der Waals surface area contributed by atoms with Crippen molar-refractivity contribution in [1.29, 1.82) is 0 Å². The Hall–Kier alpha value is -2.35. The van der Waals surface area contributed by atoms with Gasteiger partial charge in [0, 0.05) is 18.1 Å². The number of piperidine rings is 1. The minimum atomic E-state index is -4.64. The highest BCUT2D eigenvalue weighted by molar-refractivity contribution is 6.30. The lowest BCUT2D eigenvalue weighted by Gasteiger charge is -2.31. The molecule has 1 aromatic carbocycles. The van der Waals surface area contributed by atoms with Crippen LogP contribution in [0.3, 0.4) is 0 Å². The number of anilines is 2. The van der Waals surface area contributed by atoms with Gasteiger partial charge in [0.25, 0.3) is 5.91 Å². The van der Waals surface area contributed by atoms with Gasteiger partial charge in [0.2, 0.25) is 0 Å². The second kappa shape index (κ2) is 7.72. The highest BCUT2D eigenvalue weighted by atomic mass is 35.5. The summed E-state index contributed by atoms with van der Waals surface area (Å²) in [6, 6.07) is 3.15. The van der Waals surface area contributed by atoms with E-state index in [0.717, 1.165) is 38.1 Å². The Morgan fingerprint density at radius 3 is 2.70 bits per heavy atom. The summed E-state index contributed by atoms with van der Waals surface area (Å²) in [6.45, 7) is 3.88. The third-order valence-electron chi connectivity index (χ3n) is 4.39. The van der Waals surface area contributed by atoms with Crippen molar-refractivity contribution in [2.75, 3.05) is 23.3 Å². The number of nitrogens with one attached hydrogen (secondary N) is 1. The summed E-state index contributed by atoms with van der Waals surface area (Å²) in [6.07, 6.45) is 0.315. The number of aromatic nitrogens is 2. The molecule has 144 valence electrons. The molecule has 1 aliphatic rings. The fraction of sp³-hybridized carbons (Fsp3) is 0.389. The quantitative estimate of drug-likeness (QED) is 0.818. The van der Waals surface area contributed by atoms with Gasteiger partial charge in [-0.2, -0.15) is 13.2 Å². The van der Waals surface area contributed by atoms with E-state index in [4.69, 9.17) is 11.6 Å². The molecule has 5 nitrogen and oxygen atoms in total. The molecule has 9 heteroatoms. The topological polar surface area (TPSA) is 58.1 Å². The molecule has 0 saturated carbocycles. The first-order valence-electron chi connectivity index (χ1n) is 8.49. The molecule has 1 N–H and O–H groups in total. The van der Waals surface area contributed by atoms with Gasteiger partial charge in [-0.1, -0.05) is 18.5 Å². The molecule has 0 bridgehead atoms. The van der Waals surface area contributed by atoms with E-state index in [2.05, 4.69) is 27.1 Å². The largest absolute Gasteiger partial charge is 0.418 e. The van der Waals surface area contributed by atoms with Crippen LogP contribution in [0.15, 0.2) is 30.6 Å². The molecule has 27 heavy (non-hydrogen) atoms. The van der Waals surface area contributed by atoms with Crippen molar-refractivity contribution in [2.45, 2.75) is 25.9 Å². The van der Waals surface area contributed by atoms with Crippen molar-refractivity contribution in [1.82, 2.24) is 9.97 Å². The molecule has 1 unspecified atom stereocenters. The highest BCUT2D eigenvalue weighted by Gasteiger charge is 2.34. The molecule has 0 radical (unpaired) electrons. The normalized spacial score (nSPS) is 17.7. The number of alkyl halides is 3. The van der Waals surface area contributed by atoms with Gasteiger partial charge in [-0.25, -0.2) is 9.97 Å². The van der Waals surface area contributed by atoms with Gasteiger partial charge in [0.15, 0.2) is 0 Å². The summed E-state index contributed by atoms with van der Waals surface area (Å²) in [5.74, 6) is 0.434. The van der Waals surface area contributed by atoms with Crippen LogP contribution < -0.4 is 10.2 Å². The molecule has 1 aliphatic heterocycles. The van der Waals surface area contributed by atoms with Crippen LogP contribution in [-0.4, -0.2) is 29.0 Å². The van der Waals surface area contributed by atoms with Crippen LogP contribution in [-0.2, 0) is 6.18 Å². The first-order chi connectivity index (χ1) is 12.7. The van der Waals surface area contributed by atoms with Crippen LogP contribution in [0.4, 0.5) is 24.7 Å². The number of halogens is 4. The van der Waals surface area contributed by atoms with Crippen LogP contribution in [0.5, 0.6) is 0 Å². The lowest BCUT2D eigenvalue weighted by molar-refractivity contribution is -0.136. The second-order valence-corrected chi connectivity index (χ2v) is 7.03. The monoisotopic (exact) mass is 398 g/mol. The zero-order valence-corrected chi connectivity index (χ0v) is 15.3. The van der Waals surface area contributed by atoms with Gasteiger partial charge in [0.1, 0.15) is 11.5 Å². The average Bonchev–Trinajstić information content (AvgIpc) is 2.62. The van der Waals surface area contributed by atoms with Crippen molar-refractivity contribution in [3.05, 3.63) is 46.9 Å². The Labute approximate surface area is 159 Å². The first kappa shape index (κ1) is 19.4. The summed E-state index contributed by atoms with van der Waals surface area (Å²) in [5.41, 5.74) is -1.46. The number of benzene rings is 1. The third kappa shape index (κ3) is 4.68. The van der Waals surface area contributed by atoms with Crippen molar-refractivity contribution in [3.63, 3.8) is 0 Å². The van der Waals surface area contributed by atoms with Crippen LogP contribution in [0.25, 0.3) is 0 Å². The van der Waals surface area contributed by atoms with Gasteiger partial charge < -0.3 is 10.2 Å². The molecule has 1 atom stereocenters. The minimum Gasteiger partial charge on any atom is -0.355 e. The number of rotatable bonds is 3. The summed E-state index contributed by atoms with van der Waals surface area (Å²) < 4.78 is 39.4. The summed E-state index contributed by atoms with van der Waals surface area (Å²) in [7, 11) is 0. The van der Waals surface area contributed by atoms with Gasteiger partial charge in [0.05, 0.1) is 23.6 Å². The van der Waals surface area contributed by atoms with E-state index in [-0.39, 0.29) is 16.4 Å². The first-order valence-corrected chi connectivity index (χ1v) is 8.87. The number of carbonyl (C=O) groups is 1. The molecular weight excluding hydrogens is 381 g/mol. The van der Waals surface area contributed by atoms with Crippen molar-refractivity contribution in [3.8, 4) is 0 Å². The van der Waals surface area contributed by atoms with E-state index in [0.29, 0.717) is 11.7 Å². The SMILES string of the molecule is CC1CCCN(c2cnc(C(=O)Nc3ccc(Cl)cc3C(F)(F)F)cn2)C1. The number of nitrogens with zero attached hydrogens (tertiary/aromatic N) is 3. The smallest absolute Gasteiger partial charge is 0.355 e. The van der Waals surface area contributed by atoms with E-state index in [1.807, 2.05) is 0 Å². The number of amides is 1. The summed E-state index contributed by atoms with van der Waals surface area (Å²) in [4.78, 5) is 22.7. The van der Waals surface area contributed by atoms with E-state index in [1.165, 1.54) is 18.5 Å².